The van der Waals surface area contributed by atoms with E-state index < -0.39 is 0 Å². The molecule has 0 amide bonds. The van der Waals surface area contributed by atoms with Gasteiger partial charge in [-0.2, -0.15) is 0 Å². The molecule has 0 aliphatic heterocycles. The van der Waals surface area contributed by atoms with E-state index >= 15 is 0 Å². The van der Waals surface area contributed by atoms with Crippen LogP contribution in [0.2, 0.25) is 0 Å². The Bertz CT molecular complexity index is 1290. The second-order valence-corrected chi connectivity index (χ2v) is 11.1. The van der Waals surface area contributed by atoms with Crippen LogP contribution in [-0.4, -0.2) is 20.1 Å². The van der Waals surface area contributed by atoms with Gasteiger partial charge in [0.1, 0.15) is 0 Å². The number of rotatable bonds is 4. The summed E-state index contributed by atoms with van der Waals surface area (Å²) >= 11 is 0. The molecule has 0 atom stereocenters. The highest BCUT2D eigenvalue weighted by molar-refractivity contribution is 5.96. The van der Waals surface area contributed by atoms with Crippen LogP contribution < -0.4 is 4.90 Å². The maximum absolute atomic E-state index is 12.2. The van der Waals surface area contributed by atoms with Crippen molar-refractivity contribution in [1.29, 1.82) is 0 Å². The first-order valence-electron chi connectivity index (χ1n) is 13.2. The van der Waals surface area contributed by atoms with Gasteiger partial charge >= 0.3 is 5.97 Å². The van der Waals surface area contributed by atoms with Gasteiger partial charge in [-0.15, -0.1) is 0 Å². The van der Waals surface area contributed by atoms with E-state index in [1.807, 2.05) is 54.4 Å². The van der Waals surface area contributed by atoms with Crippen LogP contribution in [0.1, 0.15) is 65.6 Å². The summed E-state index contributed by atoms with van der Waals surface area (Å²) in [7, 11) is 3.36. The molecule has 0 radical (unpaired) electrons. The lowest BCUT2D eigenvalue weighted by atomic mass is 9.48. The van der Waals surface area contributed by atoms with Gasteiger partial charge in [-0.05, 0) is 116 Å². The summed E-state index contributed by atoms with van der Waals surface area (Å²) in [5, 5.41) is 0. The minimum Gasteiger partial charge on any atom is -0.465 e. The zero-order valence-corrected chi connectivity index (χ0v) is 21.2. The summed E-state index contributed by atoms with van der Waals surface area (Å²) < 4.78 is 4.94. The first-order chi connectivity index (χ1) is 17.5. The summed E-state index contributed by atoms with van der Waals surface area (Å²) in [6.07, 6.45) is 8.64. The number of nitrogens with zero attached hydrogens (tertiary/aromatic N) is 1. The fourth-order valence-electron chi connectivity index (χ4n) is 7.47. The van der Waals surface area contributed by atoms with Crippen LogP contribution in [0.5, 0.6) is 0 Å². The lowest BCUT2D eigenvalue weighted by Crippen LogP contribution is -2.48. The van der Waals surface area contributed by atoms with E-state index in [9.17, 15) is 4.79 Å². The van der Waals surface area contributed by atoms with Crippen LogP contribution in [0.15, 0.2) is 72.8 Å². The maximum atomic E-state index is 12.2. The van der Waals surface area contributed by atoms with Crippen molar-refractivity contribution in [3.8, 4) is 11.8 Å². The number of carbonyl (C=O) groups excluding carboxylic acids is 1. The molecule has 3 heteroatoms. The molecular formula is C33H33NO2. The predicted molar refractivity (Wildman–Crippen MR) is 145 cm³/mol. The molecule has 3 aromatic carbocycles. The van der Waals surface area contributed by atoms with Crippen LogP contribution >= 0.6 is 0 Å². The number of methoxy groups -OCH3 is 1. The Balaban J connectivity index is 1.16. The van der Waals surface area contributed by atoms with E-state index in [0.29, 0.717) is 11.0 Å². The minimum atomic E-state index is -0.339. The normalized spacial score (nSPS) is 25.7. The molecule has 4 aliphatic carbocycles. The molecule has 4 aliphatic rings. The molecule has 36 heavy (non-hydrogen) atoms. The molecule has 4 saturated carbocycles. The summed E-state index contributed by atoms with van der Waals surface area (Å²) in [5.41, 5.74) is 6.36. The average molecular weight is 476 g/mol. The summed E-state index contributed by atoms with van der Waals surface area (Å²) in [6, 6.07) is 24.8. The first kappa shape index (κ1) is 22.9. The topological polar surface area (TPSA) is 29.5 Å². The van der Waals surface area contributed by atoms with Crippen LogP contribution in [0, 0.1) is 29.6 Å². The van der Waals surface area contributed by atoms with Crippen molar-refractivity contribution >= 4 is 17.3 Å². The molecule has 0 N–H and O–H groups in total. The summed E-state index contributed by atoms with van der Waals surface area (Å²) in [5.74, 6) is 9.22. The largest absolute Gasteiger partial charge is 0.465 e. The third-order valence-electron chi connectivity index (χ3n) is 8.81. The maximum Gasteiger partial charge on any atom is 0.339 e. The van der Waals surface area contributed by atoms with Gasteiger partial charge in [-0.25, -0.2) is 4.79 Å². The molecule has 0 heterocycles. The zero-order valence-electron chi connectivity index (χ0n) is 21.2. The third kappa shape index (κ3) is 4.20. The van der Waals surface area contributed by atoms with Gasteiger partial charge in [-0.3, -0.25) is 0 Å². The number of ether oxygens (including phenoxy) is 1. The van der Waals surface area contributed by atoms with Crippen LogP contribution in [0.4, 0.5) is 11.4 Å². The van der Waals surface area contributed by atoms with Crippen LogP contribution in [0.3, 0.4) is 0 Å². The molecule has 4 fully saturated rings. The molecule has 0 aromatic heterocycles. The number of anilines is 2. The van der Waals surface area contributed by atoms with E-state index in [-0.39, 0.29) is 5.97 Å². The second kappa shape index (κ2) is 9.17. The van der Waals surface area contributed by atoms with Gasteiger partial charge in [0.05, 0.1) is 18.4 Å². The van der Waals surface area contributed by atoms with E-state index in [4.69, 9.17) is 4.74 Å². The number of esters is 1. The number of hydrogen-bond acceptors (Lipinski definition) is 3. The van der Waals surface area contributed by atoms with E-state index in [1.54, 1.807) is 11.6 Å². The zero-order chi connectivity index (χ0) is 24.7. The quantitative estimate of drug-likeness (QED) is 0.297. The number of carbonyl (C=O) groups is 1. The van der Waals surface area contributed by atoms with Gasteiger partial charge in [0.2, 0.25) is 0 Å². The third-order valence-corrected chi connectivity index (χ3v) is 8.81. The molecular weight excluding hydrogens is 442 g/mol. The highest BCUT2D eigenvalue weighted by atomic mass is 16.5. The Morgan fingerprint density at radius 1 is 0.806 bits per heavy atom. The first-order valence-corrected chi connectivity index (χ1v) is 13.2. The molecule has 0 spiro atoms. The fraction of sp³-hybridized carbons (Fsp3) is 0.364. The van der Waals surface area contributed by atoms with Crippen molar-refractivity contribution in [2.45, 2.75) is 43.9 Å². The Hall–Kier alpha value is -3.51. The number of hydrogen-bond donors (Lipinski definition) is 0. The predicted octanol–water partition coefficient (Wildman–Crippen LogP) is 7.11. The molecule has 0 unspecified atom stereocenters. The molecule has 182 valence electrons. The van der Waals surface area contributed by atoms with Gasteiger partial charge in [0.15, 0.2) is 0 Å². The van der Waals surface area contributed by atoms with Crippen molar-refractivity contribution in [3.63, 3.8) is 0 Å². The van der Waals surface area contributed by atoms with E-state index in [2.05, 4.69) is 36.1 Å². The number of para-hydroxylation sites is 1. The second-order valence-electron chi connectivity index (χ2n) is 11.1. The molecule has 3 aromatic rings. The fourth-order valence-corrected chi connectivity index (χ4v) is 7.47. The van der Waals surface area contributed by atoms with Crippen LogP contribution in [0.25, 0.3) is 0 Å². The minimum absolute atomic E-state index is 0.339. The van der Waals surface area contributed by atoms with Crippen molar-refractivity contribution in [2.24, 2.45) is 17.8 Å². The van der Waals surface area contributed by atoms with Gasteiger partial charge in [0, 0.05) is 23.9 Å². The van der Waals surface area contributed by atoms with Crippen LogP contribution in [-0.2, 0) is 10.2 Å². The lowest BCUT2D eigenvalue weighted by Gasteiger charge is -2.57. The van der Waals surface area contributed by atoms with E-state index in [0.717, 1.165) is 40.3 Å². The van der Waals surface area contributed by atoms with Gasteiger partial charge in [-0.1, -0.05) is 36.1 Å². The van der Waals surface area contributed by atoms with Gasteiger partial charge in [0.25, 0.3) is 0 Å². The molecule has 7 rings (SSSR count). The average Bonchev–Trinajstić information content (AvgIpc) is 2.91. The Morgan fingerprint density at radius 3 is 1.89 bits per heavy atom. The van der Waals surface area contributed by atoms with Gasteiger partial charge < -0.3 is 9.64 Å². The lowest BCUT2D eigenvalue weighted by molar-refractivity contribution is -0.00519. The smallest absolute Gasteiger partial charge is 0.339 e. The highest BCUT2D eigenvalue weighted by Gasteiger charge is 2.51. The van der Waals surface area contributed by atoms with E-state index in [1.165, 1.54) is 45.6 Å². The van der Waals surface area contributed by atoms with Crippen molar-refractivity contribution in [2.75, 3.05) is 19.1 Å². The number of benzene rings is 3. The van der Waals surface area contributed by atoms with Crippen molar-refractivity contribution in [1.82, 2.24) is 0 Å². The summed E-state index contributed by atoms with van der Waals surface area (Å²) in [4.78, 5) is 14.1. The highest BCUT2D eigenvalue weighted by Crippen LogP contribution is 2.60. The van der Waals surface area contributed by atoms with Crippen molar-refractivity contribution < 1.29 is 9.53 Å². The SMILES string of the molecule is COC(=O)c1ccccc1N(C)c1ccc(C#Cc2ccc(C34CC5CC(CC(C5)C3)C4)cc2)cc1. The Kier molecular flexibility index (Phi) is 5.84. The van der Waals surface area contributed by atoms with Crippen molar-refractivity contribution in [3.05, 3.63) is 95.1 Å². The Labute approximate surface area is 214 Å². The monoisotopic (exact) mass is 475 g/mol. The standard InChI is InChI=1S/C33H33NO2/c1-34(31-6-4-3-5-30(31)32(35)36-2)29-15-11-24(12-16-29)8-7-23-9-13-28(14-10-23)33-20-25-17-26(21-33)19-27(18-25)22-33/h3-6,9-16,25-27H,17-22H2,1-2H3. The summed E-state index contributed by atoms with van der Waals surface area (Å²) in [6.45, 7) is 0. The molecule has 4 bridgehead atoms. The molecule has 0 saturated heterocycles. The molecule has 3 nitrogen and oxygen atoms in total. The Morgan fingerprint density at radius 2 is 1.33 bits per heavy atom.